The van der Waals surface area contributed by atoms with E-state index in [1.54, 1.807) is 10.7 Å². The molecule has 0 aliphatic rings. The summed E-state index contributed by atoms with van der Waals surface area (Å²) < 4.78 is 1.73. The number of fused-ring (bicyclic) bond motifs is 1. The topological polar surface area (TPSA) is 46.3 Å². The van der Waals surface area contributed by atoms with Gasteiger partial charge in [-0.3, -0.25) is 0 Å². The summed E-state index contributed by atoms with van der Waals surface area (Å²) in [5.41, 5.74) is 3.93. The summed E-state index contributed by atoms with van der Waals surface area (Å²) in [4.78, 5) is 11.1. The maximum Gasteiger partial charge on any atom is 0.252 e. The molecule has 0 saturated heterocycles. The summed E-state index contributed by atoms with van der Waals surface area (Å²) in [5.74, 6) is 1.50. The molecule has 5 nitrogen and oxygen atoms in total. The lowest BCUT2D eigenvalue weighted by Gasteiger charge is -2.22. The highest BCUT2D eigenvalue weighted by Crippen LogP contribution is 2.20. The fourth-order valence-corrected chi connectivity index (χ4v) is 2.89. The van der Waals surface area contributed by atoms with E-state index in [9.17, 15) is 0 Å². The second-order valence-electron chi connectivity index (χ2n) is 5.74. The molecule has 0 N–H and O–H groups in total. The van der Waals surface area contributed by atoms with E-state index in [4.69, 9.17) is 0 Å². The van der Waals surface area contributed by atoms with Gasteiger partial charge < -0.3 is 4.90 Å². The molecule has 0 spiro atoms. The third-order valence-electron chi connectivity index (χ3n) is 4.05. The van der Waals surface area contributed by atoms with Gasteiger partial charge in [0.1, 0.15) is 0 Å². The summed E-state index contributed by atoms with van der Waals surface area (Å²) in [6, 6.07) is 8.65. The largest absolute Gasteiger partial charge is 0.372 e. The fourth-order valence-electron chi connectivity index (χ4n) is 2.89. The third kappa shape index (κ3) is 3.50. The van der Waals surface area contributed by atoms with Gasteiger partial charge in [-0.05, 0) is 56.5 Å². The molecule has 0 bridgehead atoms. The lowest BCUT2D eigenvalue weighted by molar-refractivity contribution is 0.830. The van der Waals surface area contributed by atoms with Crippen LogP contribution in [0.15, 0.2) is 36.7 Å². The molecule has 0 aliphatic heterocycles. The molecule has 0 saturated carbocycles. The van der Waals surface area contributed by atoms with Crippen molar-refractivity contribution in [3.05, 3.63) is 53.6 Å². The normalized spacial score (nSPS) is 11.1. The van der Waals surface area contributed by atoms with Gasteiger partial charge in [-0.25, -0.2) is 9.50 Å². The summed E-state index contributed by atoms with van der Waals surface area (Å²) in [6.45, 7) is 8.60. The van der Waals surface area contributed by atoms with Crippen LogP contribution in [0.4, 0.5) is 5.69 Å². The Kier molecular flexibility index (Phi) is 4.55. The highest BCUT2D eigenvalue weighted by molar-refractivity contribution is 5.51. The molecule has 0 fully saturated rings. The first-order chi connectivity index (χ1) is 11.2. The highest BCUT2D eigenvalue weighted by Gasteiger charge is 2.07. The van der Waals surface area contributed by atoms with E-state index in [2.05, 4.69) is 58.9 Å². The molecule has 3 rings (SSSR count). The molecular weight excluding hydrogens is 286 g/mol. The van der Waals surface area contributed by atoms with Crippen LogP contribution in [0.3, 0.4) is 0 Å². The first-order valence-corrected chi connectivity index (χ1v) is 8.21. The van der Waals surface area contributed by atoms with Crippen LogP contribution in [0.25, 0.3) is 5.78 Å². The van der Waals surface area contributed by atoms with Crippen LogP contribution < -0.4 is 4.90 Å². The number of anilines is 1. The Morgan fingerprint density at radius 2 is 1.91 bits per heavy atom. The number of aryl methyl sites for hydroxylation is 3. The molecular formula is C18H23N5. The molecule has 2 aromatic heterocycles. The van der Waals surface area contributed by atoms with E-state index in [0.29, 0.717) is 5.78 Å². The Balaban J connectivity index is 1.77. The maximum absolute atomic E-state index is 4.47. The zero-order valence-electron chi connectivity index (χ0n) is 14.0. The van der Waals surface area contributed by atoms with Crippen LogP contribution in [0.1, 0.15) is 30.8 Å². The minimum Gasteiger partial charge on any atom is -0.372 e. The lowest BCUT2D eigenvalue weighted by Crippen LogP contribution is -2.22. The van der Waals surface area contributed by atoms with Crippen LogP contribution in [0.5, 0.6) is 0 Å². The van der Waals surface area contributed by atoms with Crippen molar-refractivity contribution in [2.45, 2.75) is 33.6 Å². The number of hydrogen-bond donors (Lipinski definition) is 0. The van der Waals surface area contributed by atoms with Gasteiger partial charge >= 0.3 is 0 Å². The maximum atomic E-state index is 4.47. The average molecular weight is 309 g/mol. The Morgan fingerprint density at radius 3 is 2.65 bits per heavy atom. The van der Waals surface area contributed by atoms with E-state index in [0.717, 1.165) is 31.8 Å². The van der Waals surface area contributed by atoms with Crippen LogP contribution in [0, 0.1) is 6.92 Å². The Hall–Kier alpha value is -2.43. The summed E-state index contributed by atoms with van der Waals surface area (Å²) in [7, 11) is 0. The zero-order valence-corrected chi connectivity index (χ0v) is 14.0. The average Bonchev–Trinajstić information content (AvgIpc) is 2.96. The van der Waals surface area contributed by atoms with Crippen molar-refractivity contribution in [3.63, 3.8) is 0 Å². The number of nitrogens with zero attached hydrogens (tertiary/aromatic N) is 5. The van der Waals surface area contributed by atoms with E-state index in [1.165, 1.54) is 16.8 Å². The van der Waals surface area contributed by atoms with E-state index in [1.807, 2.05) is 12.3 Å². The summed E-state index contributed by atoms with van der Waals surface area (Å²) >= 11 is 0. The molecule has 0 amide bonds. The summed E-state index contributed by atoms with van der Waals surface area (Å²) in [5, 5.41) is 4.47. The number of hydrogen-bond acceptors (Lipinski definition) is 4. The zero-order chi connectivity index (χ0) is 16.2. The van der Waals surface area contributed by atoms with Gasteiger partial charge in [0.15, 0.2) is 5.82 Å². The first-order valence-electron chi connectivity index (χ1n) is 8.21. The van der Waals surface area contributed by atoms with Crippen molar-refractivity contribution < 1.29 is 0 Å². The van der Waals surface area contributed by atoms with Crippen molar-refractivity contribution >= 4 is 11.5 Å². The van der Waals surface area contributed by atoms with Gasteiger partial charge in [-0.2, -0.15) is 4.98 Å². The Morgan fingerprint density at radius 1 is 1.09 bits per heavy atom. The number of rotatable bonds is 6. The van der Waals surface area contributed by atoms with Gasteiger partial charge in [-0.15, -0.1) is 5.10 Å². The van der Waals surface area contributed by atoms with Crippen molar-refractivity contribution in [1.82, 2.24) is 19.6 Å². The van der Waals surface area contributed by atoms with Crippen molar-refractivity contribution in [3.8, 4) is 0 Å². The second-order valence-corrected chi connectivity index (χ2v) is 5.74. The van der Waals surface area contributed by atoms with Crippen molar-refractivity contribution in [2.24, 2.45) is 0 Å². The van der Waals surface area contributed by atoms with Crippen LogP contribution in [-0.2, 0) is 12.8 Å². The van der Waals surface area contributed by atoms with Crippen LogP contribution in [0.2, 0.25) is 0 Å². The van der Waals surface area contributed by atoms with Gasteiger partial charge in [0.2, 0.25) is 0 Å². The molecule has 5 heteroatoms. The van der Waals surface area contributed by atoms with Crippen molar-refractivity contribution in [2.75, 3.05) is 18.0 Å². The minimum atomic E-state index is 0.663. The monoisotopic (exact) mass is 309 g/mol. The quantitative estimate of drug-likeness (QED) is 0.702. The van der Waals surface area contributed by atoms with E-state index in [-0.39, 0.29) is 0 Å². The molecule has 3 aromatic rings. The first kappa shape index (κ1) is 15.5. The molecule has 0 atom stereocenters. The highest BCUT2D eigenvalue weighted by atomic mass is 15.3. The van der Waals surface area contributed by atoms with Crippen LogP contribution in [-0.4, -0.2) is 32.7 Å². The van der Waals surface area contributed by atoms with Gasteiger partial charge in [0.25, 0.3) is 5.78 Å². The van der Waals surface area contributed by atoms with Gasteiger partial charge in [-0.1, -0.05) is 6.07 Å². The minimum absolute atomic E-state index is 0.663. The molecule has 0 radical (unpaired) electrons. The molecule has 0 aliphatic carbocycles. The molecule has 1 aromatic carbocycles. The van der Waals surface area contributed by atoms with E-state index >= 15 is 0 Å². The van der Waals surface area contributed by atoms with Crippen molar-refractivity contribution in [1.29, 1.82) is 0 Å². The van der Waals surface area contributed by atoms with Gasteiger partial charge in [0.05, 0.1) is 0 Å². The fraction of sp³-hybridized carbons (Fsp3) is 0.389. The Labute approximate surface area is 137 Å². The molecule has 0 unspecified atom stereocenters. The molecule has 2 heterocycles. The lowest BCUT2D eigenvalue weighted by atomic mass is 10.0. The number of benzene rings is 1. The molecule has 120 valence electrons. The predicted molar refractivity (Wildman–Crippen MR) is 92.9 cm³/mol. The van der Waals surface area contributed by atoms with E-state index < -0.39 is 0 Å². The standard InChI is InChI=1S/C18H23N5/c1-4-22(5-2)16-12-14(3)11-15(13-16)7-8-17-20-18-19-9-6-10-23(18)21-17/h6,9-13H,4-5,7-8H2,1-3H3. The predicted octanol–water partition coefficient (Wildman–Crippen LogP) is 3.06. The SMILES string of the molecule is CCN(CC)c1cc(C)cc(CCc2nc3ncccn3n2)c1. The van der Waals surface area contributed by atoms with Gasteiger partial charge in [0, 0.05) is 37.6 Å². The molecule has 23 heavy (non-hydrogen) atoms. The third-order valence-corrected chi connectivity index (χ3v) is 4.05. The summed E-state index contributed by atoms with van der Waals surface area (Å²) in [6.07, 6.45) is 5.38. The second kappa shape index (κ2) is 6.77. The smallest absolute Gasteiger partial charge is 0.252 e. The number of aromatic nitrogens is 4. The van der Waals surface area contributed by atoms with Crippen LogP contribution >= 0.6 is 0 Å². The Bertz CT molecular complexity index is 756.